The van der Waals surface area contributed by atoms with Crippen molar-refractivity contribution in [2.45, 2.75) is 19.4 Å². The van der Waals surface area contributed by atoms with Crippen molar-refractivity contribution in [1.82, 2.24) is 15.1 Å². The van der Waals surface area contributed by atoms with Gasteiger partial charge in [-0.15, -0.1) is 0 Å². The fourth-order valence-electron chi connectivity index (χ4n) is 3.81. The SMILES string of the molecule is NCC1CCN(Cc2ccc(N)cc2NC(=O)C2=CC=C(c3cn[nH]c3)OC2)CC1. The maximum Gasteiger partial charge on any atom is 0.255 e. The summed E-state index contributed by atoms with van der Waals surface area (Å²) in [5, 5.41) is 9.68. The van der Waals surface area contributed by atoms with Crippen molar-refractivity contribution in [3.8, 4) is 0 Å². The van der Waals surface area contributed by atoms with Crippen LogP contribution in [0.3, 0.4) is 0 Å². The van der Waals surface area contributed by atoms with Crippen LogP contribution in [0.5, 0.6) is 0 Å². The van der Waals surface area contributed by atoms with Crippen molar-refractivity contribution in [3.63, 3.8) is 0 Å². The van der Waals surface area contributed by atoms with E-state index >= 15 is 0 Å². The molecule has 2 aliphatic rings. The minimum atomic E-state index is -0.189. The standard InChI is InChI=1S/C22H28N6O2/c23-10-15-5-7-28(8-6-15)13-16-1-3-19(24)9-20(16)27-22(29)17-2-4-21(30-14-17)18-11-25-26-12-18/h1-4,9,11-12,15H,5-8,10,13-14,23-24H2,(H,25,26)(H,27,29). The summed E-state index contributed by atoms with van der Waals surface area (Å²) in [4.78, 5) is 15.2. The Bertz CT molecular complexity index is 943. The van der Waals surface area contributed by atoms with E-state index in [9.17, 15) is 4.79 Å². The highest BCUT2D eigenvalue weighted by Gasteiger charge is 2.21. The van der Waals surface area contributed by atoms with E-state index in [1.807, 2.05) is 18.2 Å². The van der Waals surface area contributed by atoms with E-state index in [1.54, 1.807) is 24.5 Å². The molecule has 0 radical (unpaired) electrons. The van der Waals surface area contributed by atoms with Gasteiger partial charge >= 0.3 is 0 Å². The Labute approximate surface area is 176 Å². The van der Waals surface area contributed by atoms with Crippen LogP contribution in [0.25, 0.3) is 5.76 Å². The molecule has 1 aromatic carbocycles. The number of ether oxygens (including phenoxy) is 1. The van der Waals surface area contributed by atoms with Gasteiger partial charge < -0.3 is 21.5 Å². The van der Waals surface area contributed by atoms with Gasteiger partial charge in [0.25, 0.3) is 5.91 Å². The molecule has 6 N–H and O–H groups in total. The summed E-state index contributed by atoms with van der Waals surface area (Å²) >= 11 is 0. The summed E-state index contributed by atoms with van der Waals surface area (Å²) in [6.07, 6.45) is 9.22. The molecule has 2 aliphatic heterocycles. The van der Waals surface area contributed by atoms with Gasteiger partial charge in [-0.05, 0) is 68.2 Å². The molecular formula is C22H28N6O2. The van der Waals surface area contributed by atoms with Crippen molar-refractivity contribution in [3.05, 3.63) is 59.4 Å². The van der Waals surface area contributed by atoms with Crippen LogP contribution in [-0.4, -0.2) is 47.2 Å². The first kappa shape index (κ1) is 20.2. The van der Waals surface area contributed by atoms with E-state index in [1.165, 1.54) is 0 Å². The Morgan fingerprint density at radius 3 is 2.80 bits per heavy atom. The number of likely N-dealkylation sites (tertiary alicyclic amines) is 1. The third kappa shape index (κ3) is 4.72. The normalized spacial score (nSPS) is 17.8. The number of anilines is 2. The number of H-pyrrole nitrogens is 1. The molecule has 1 amide bonds. The monoisotopic (exact) mass is 408 g/mol. The quantitative estimate of drug-likeness (QED) is 0.543. The molecule has 8 nitrogen and oxygen atoms in total. The van der Waals surface area contributed by atoms with Crippen LogP contribution in [0.15, 0.2) is 48.3 Å². The molecular weight excluding hydrogens is 380 g/mol. The Balaban J connectivity index is 1.44. The van der Waals surface area contributed by atoms with Gasteiger partial charge in [0.1, 0.15) is 12.4 Å². The minimum Gasteiger partial charge on any atom is -0.488 e. The van der Waals surface area contributed by atoms with E-state index in [4.69, 9.17) is 16.2 Å². The molecule has 0 saturated carbocycles. The Morgan fingerprint density at radius 2 is 2.13 bits per heavy atom. The molecule has 0 bridgehead atoms. The van der Waals surface area contributed by atoms with Crippen LogP contribution >= 0.6 is 0 Å². The first-order chi connectivity index (χ1) is 14.6. The molecule has 0 unspecified atom stereocenters. The number of nitrogens with two attached hydrogens (primary N) is 2. The predicted molar refractivity (Wildman–Crippen MR) is 117 cm³/mol. The van der Waals surface area contributed by atoms with Crippen molar-refractivity contribution < 1.29 is 9.53 Å². The summed E-state index contributed by atoms with van der Waals surface area (Å²) in [5.74, 6) is 1.11. The zero-order chi connectivity index (χ0) is 20.9. The number of hydrogen-bond donors (Lipinski definition) is 4. The number of amides is 1. The zero-order valence-corrected chi connectivity index (χ0v) is 16.9. The lowest BCUT2D eigenvalue weighted by molar-refractivity contribution is -0.113. The number of rotatable bonds is 6. The first-order valence-corrected chi connectivity index (χ1v) is 10.3. The third-order valence-electron chi connectivity index (χ3n) is 5.71. The number of piperidine rings is 1. The third-order valence-corrected chi connectivity index (χ3v) is 5.71. The van der Waals surface area contributed by atoms with Crippen molar-refractivity contribution in [2.24, 2.45) is 11.7 Å². The van der Waals surface area contributed by atoms with Crippen LogP contribution < -0.4 is 16.8 Å². The fraction of sp³-hybridized carbons (Fsp3) is 0.364. The zero-order valence-electron chi connectivity index (χ0n) is 16.9. The molecule has 4 rings (SSSR count). The maximum atomic E-state index is 12.8. The molecule has 0 atom stereocenters. The van der Waals surface area contributed by atoms with E-state index in [2.05, 4.69) is 20.4 Å². The average Bonchev–Trinajstić information content (AvgIpc) is 3.31. The van der Waals surface area contributed by atoms with Gasteiger partial charge in [-0.3, -0.25) is 14.8 Å². The molecule has 30 heavy (non-hydrogen) atoms. The number of nitrogen functional groups attached to an aromatic ring is 1. The molecule has 0 spiro atoms. The number of aromatic nitrogens is 2. The maximum absolute atomic E-state index is 12.8. The fourth-order valence-corrected chi connectivity index (χ4v) is 3.81. The molecule has 3 heterocycles. The molecule has 1 saturated heterocycles. The predicted octanol–water partition coefficient (Wildman–Crippen LogP) is 2.10. The lowest BCUT2D eigenvalue weighted by atomic mass is 9.96. The van der Waals surface area contributed by atoms with Gasteiger partial charge in [-0.25, -0.2) is 0 Å². The second-order valence-electron chi connectivity index (χ2n) is 7.82. The molecule has 158 valence electrons. The van der Waals surface area contributed by atoms with Gasteiger partial charge in [0.2, 0.25) is 0 Å². The second kappa shape index (κ2) is 9.15. The number of nitrogens with zero attached hydrogens (tertiary/aromatic N) is 2. The number of carbonyl (C=O) groups excluding carboxylic acids is 1. The van der Waals surface area contributed by atoms with Crippen LogP contribution in [-0.2, 0) is 16.1 Å². The topological polar surface area (TPSA) is 122 Å². The van der Waals surface area contributed by atoms with Crippen LogP contribution in [0.1, 0.15) is 24.0 Å². The number of carbonyl (C=O) groups is 1. The minimum absolute atomic E-state index is 0.189. The highest BCUT2D eigenvalue weighted by molar-refractivity contribution is 6.05. The van der Waals surface area contributed by atoms with Gasteiger partial charge in [0.05, 0.1) is 17.3 Å². The lowest BCUT2D eigenvalue weighted by Crippen LogP contribution is -2.35. The molecule has 1 fully saturated rings. The molecule has 1 aromatic heterocycles. The summed E-state index contributed by atoms with van der Waals surface area (Å²) in [7, 11) is 0. The van der Waals surface area contributed by atoms with Gasteiger partial charge in [-0.1, -0.05) is 6.07 Å². The van der Waals surface area contributed by atoms with Crippen LogP contribution in [0, 0.1) is 5.92 Å². The number of nitrogens with one attached hydrogen (secondary N) is 2. The Hall–Kier alpha value is -3.10. The molecule has 0 aliphatic carbocycles. The van der Waals surface area contributed by atoms with E-state index in [0.29, 0.717) is 22.9 Å². The van der Waals surface area contributed by atoms with Gasteiger partial charge in [0.15, 0.2) is 0 Å². The smallest absolute Gasteiger partial charge is 0.255 e. The van der Waals surface area contributed by atoms with Crippen LogP contribution in [0.4, 0.5) is 11.4 Å². The number of aromatic amines is 1. The van der Waals surface area contributed by atoms with Gasteiger partial charge in [-0.2, -0.15) is 5.10 Å². The molecule has 8 heteroatoms. The number of allylic oxidation sites excluding steroid dienone is 2. The first-order valence-electron chi connectivity index (χ1n) is 10.3. The van der Waals surface area contributed by atoms with E-state index < -0.39 is 0 Å². The van der Waals surface area contributed by atoms with Crippen LogP contribution in [0.2, 0.25) is 0 Å². The van der Waals surface area contributed by atoms with E-state index in [-0.39, 0.29) is 12.5 Å². The van der Waals surface area contributed by atoms with Crippen molar-refractivity contribution in [2.75, 3.05) is 37.3 Å². The lowest BCUT2D eigenvalue weighted by Gasteiger charge is -2.31. The summed E-state index contributed by atoms with van der Waals surface area (Å²) in [5.41, 5.74) is 15.6. The highest BCUT2D eigenvalue weighted by atomic mass is 16.5. The Morgan fingerprint density at radius 1 is 1.30 bits per heavy atom. The highest BCUT2D eigenvalue weighted by Crippen LogP contribution is 2.26. The van der Waals surface area contributed by atoms with Crippen molar-refractivity contribution >= 4 is 23.0 Å². The van der Waals surface area contributed by atoms with E-state index in [0.717, 1.165) is 55.8 Å². The molecule has 2 aromatic rings. The largest absolute Gasteiger partial charge is 0.488 e. The number of benzene rings is 1. The van der Waals surface area contributed by atoms with Crippen molar-refractivity contribution in [1.29, 1.82) is 0 Å². The Kier molecular flexibility index (Phi) is 6.15. The summed E-state index contributed by atoms with van der Waals surface area (Å²) in [6.45, 7) is 3.76. The number of hydrogen-bond acceptors (Lipinski definition) is 6. The average molecular weight is 409 g/mol. The second-order valence-corrected chi connectivity index (χ2v) is 7.82. The summed E-state index contributed by atoms with van der Waals surface area (Å²) in [6, 6.07) is 5.68. The summed E-state index contributed by atoms with van der Waals surface area (Å²) < 4.78 is 5.72. The van der Waals surface area contributed by atoms with Gasteiger partial charge in [0, 0.05) is 24.1 Å².